The predicted octanol–water partition coefficient (Wildman–Crippen LogP) is 4.18. The first kappa shape index (κ1) is 18.2. The molecule has 0 unspecified atom stereocenters. The number of piperidine rings is 1. The van der Waals surface area contributed by atoms with Crippen LogP contribution in [0.3, 0.4) is 0 Å². The Kier molecular flexibility index (Phi) is 5.94. The molecule has 1 aromatic carbocycles. The van der Waals surface area contributed by atoms with E-state index in [9.17, 15) is 4.79 Å². The average molecular weight is 358 g/mol. The molecule has 0 aliphatic carbocycles. The third-order valence-corrected chi connectivity index (χ3v) is 5.62. The Balaban J connectivity index is 1.75. The molecular weight excluding hydrogens is 330 g/mol. The number of thioether (sulfide) groups is 1. The van der Waals surface area contributed by atoms with Gasteiger partial charge in [-0.05, 0) is 30.7 Å². The normalized spacial score (nSPS) is 20.8. The fourth-order valence-corrected chi connectivity index (χ4v) is 4.57. The molecule has 2 heterocycles. The Bertz CT molecular complexity index is 739. The number of aryl methyl sites for hydroxylation is 1. The SMILES string of the molecule is CCCc1nc(SCC(=O)N2C[C@H](C)C[C@H](C)C2)c2ccccc2n1. The molecule has 0 spiro atoms. The van der Waals surface area contributed by atoms with Crippen molar-refractivity contribution in [2.24, 2.45) is 11.8 Å². The lowest BCUT2D eigenvalue weighted by Gasteiger charge is -2.35. The van der Waals surface area contributed by atoms with Crippen molar-refractivity contribution in [3.8, 4) is 0 Å². The molecule has 0 saturated carbocycles. The molecule has 134 valence electrons. The van der Waals surface area contributed by atoms with Crippen LogP contribution in [0.4, 0.5) is 0 Å². The zero-order chi connectivity index (χ0) is 17.8. The number of para-hydroxylation sites is 1. The van der Waals surface area contributed by atoms with Gasteiger partial charge in [0.15, 0.2) is 0 Å². The standard InChI is InChI=1S/C20H27N3OS/c1-4-7-18-21-17-9-6-5-8-16(17)20(22-18)25-13-19(24)23-11-14(2)10-15(3)12-23/h5-6,8-9,14-15H,4,7,10-13H2,1-3H3/t14-,15+. The van der Waals surface area contributed by atoms with Gasteiger partial charge in [-0.1, -0.05) is 50.7 Å². The zero-order valence-electron chi connectivity index (χ0n) is 15.4. The van der Waals surface area contributed by atoms with E-state index in [1.807, 2.05) is 29.2 Å². The van der Waals surface area contributed by atoms with Crippen LogP contribution in [0.15, 0.2) is 29.3 Å². The van der Waals surface area contributed by atoms with Gasteiger partial charge in [0.25, 0.3) is 0 Å². The Morgan fingerprint density at radius 3 is 2.64 bits per heavy atom. The van der Waals surface area contributed by atoms with Gasteiger partial charge in [-0.2, -0.15) is 0 Å². The number of hydrogen-bond acceptors (Lipinski definition) is 4. The van der Waals surface area contributed by atoms with Crippen LogP contribution in [-0.2, 0) is 11.2 Å². The molecule has 4 nitrogen and oxygen atoms in total. The van der Waals surface area contributed by atoms with Crippen LogP contribution in [0.1, 0.15) is 39.4 Å². The van der Waals surface area contributed by atoms with E-state index in [1.165, 1.54) is 6.42 Å². The Morgan fingerprint density at radius 1 is 1.20 bits per heavy atom. The highest BCUT2D eigenvalue weighted by molar-refractivity contribution is 8.00. The second-order valence-electron chi connectivity index (χ2n) is 7.25. The summed E-state index contributed by atoms with van der Waals surface area (Å²) in [5.74, 6) is 2.73. The second kappa shape index (κ2) is 8.17. The van der Waals surface area contributed by atoms with E-state index in [4.69, 9.17) is 4.98 Å². The van der Waals surface area contributed by atoms with E-state index in [0.717, 1.165) is 47.7 Å². The summed E-state index contributed by atoms with van der Waals surface area (Å²) in [6.45, 7) is 8.37. The van der Waals surface area contributed by atoms with Gasteiger partial charge in [0, 0.05) is 24.9 Å². The molecule has 1 aliphatic rings. The molecule has 1 saturated heterocycles. The van der Waals surface area contributed by atoms with Crippen LogP contribution in [0.5, 0.6) is 0 Å². The van der Waals surface area contributed by atoms with Gasteiger partial charge in [-0.25, -0.2) is 9.97 Å². The van der Waals surface area contributed by atoms with Gasteiger partial charge < -0.3 is 4.90 Å². The molecule has 5 heteroatoms. The van der Waals surface area contributed by atoms with Crippen LogP contribution in [0.25, 0.3) is 10.9 Å². The Hall–Kier alpha value is -1.62. The predicted molar refractivity (Wildman–Crippen MR) is 104 cm³/mol. The van der Waals surface area contributed by atoms with Gasteiger partial charge in [-0.3, -0.25) is 4.79 Å². The van der Waals surface area contributed by atoms with Crippen LogP contribution < -0.4 is 0 Å². The second-order valence-corrected chi connectivity index (χ2v) is 8.21. The lowest BCUT2D eigenvalue weighted by atomic mass is 9.92. The third kappa shape index (κ3) is 4.51. The molecule has 1 fully saturated rings. The summed E-state index contributed by atoms with van der Waals surface area (Å²) < 4.78 is 0. The molecule has 1 amide bonds. The minimum atomic E-state index is 0.225. The molecule has 0 radical (unpaired) electrons. The van der Waals surface area contributed by atoms with Gasteiger partial charge in [-0.15, -0.1) is 0 Å². The average Bonchev–Trinajstić information content (AvgIpc) is 2.58. The minimum Gasteiger partial charge on any atom is -0.341 e. The number of amides is 1. The molecule has 25 heavy (non-hydrogen) atoms. The van der Waals surface area contributed by atoms with E-state index in [0.29, 0.717) is 17.6 Å². The van der Waals surface area contributed by atoms with Crippen molar-refractivity contribution in [1.82, 2.24) is 14.9 Å². The minimum absolute atomic E-state index is 0.225. The molecular formula is C20H27N3OS. The topological polar surface area (TPSA) is 46.1 Å². The van der Waals surface area contributed by atoms with E-state index >= 15 is 0 Å². The number of rotatable bonds is 5. The molecule has 1 aliphatic heterocycles. The molecule has 0 bridgehead atoms. The highest BCUT2D eigenvalue weighted by Crippen LogP contribution is 2.27. The maximum atomic E-state index is 12.7. The van der Waals surface area contributed by atoms with Crippen LogP contribution in [-0.4, -0.2) is 39.6 Å². The molecule has 2 aromatic rings. The van der Waals surface area contributed by atoms with Gasteiger partial charge in [0.1, 0.15) is 10.9 Å². The number of carbonyl (C=O) groups is 1. The fourth-order valence-electron chi connectivity index (χ4n) is 3.63. The summed E-state index contributed by atoms with van der Waals surface area (Å²) >= 11 is 1.55. The number of aromatic nitrogens is 2. The van der Waals surface area contributed by atoms with Gasteiger partial charge in [0.05, 0.1) is 11.3 Å². The monoisotopic (exact) mass is 357 g/mol. The summed E-state index contributed by atoms with van der Waals surface area (Å²) in [6, 6.07) is 8.07. The number of benzene rings is 1. The van der Waals surface area contributed by atoms with Gasteiger partial charge >= 0.3 is 0 Å². The first-order chi connectivity index (χ1) is 12.1. The van der Waals surface area contributed by atoms with Crippen LogP contribution >= 0.6 is 11.8 Å². The zero-order valence-corrected chi connectivity index (χ0v) is 16.2. The summed E-state index contributed by atoms with van der Waals surface area (Å²) in [4.78, 5) is 24.1. The lowest BCUT2D eigenvalue weighted by molar-refractivity contribution is -0.130. The Morgan fingerprint density at radius 2 is 1.92 bits per heavy atom. The first-order valence-corrected chi connectivity index (χ1v) is 10.2. The number of nitrogens with zero attached hydrogens (tertiary/aromatic N) is 3. The Labute approximate surface area is 154 Å². The summed E-state index contributed by atoms with van der Waals surface area (Å²) in [6.07, 6.45) is 3.10. The molecule has 1 aromatic heterocycles. The first-order valence-electron chi connectivity index (χ1n) is 9.23. The highest BCUT2D eigenvalue weighted by Gasteiger charge is 2.25. The highest BCUT2D eigenvalue weighted by atomic mass is 32.2. The van der Waals surface area contributed by atoms with Crippen molar-refractivity contribution in [2.75, 3.05) is 18.8 Å². The summed E-state index contributed by atoms with van der Waals surface area (Å²) in [7, 11) is 0. The lowest BCUT2D eigenvalue weighted by Crippen LogP contribution is -2.43. The van der Waals surface area contributed by atoms with E-state index in [-0.39, 0.29) is 5.91 Å². The molecule has 3 rings (SSSR count). The van der Waals surface area contributed by atoms with E-state index in [2.05, 4.69) is 25.8 Å². The molecule has 0 N–H and O–H groups in total. The van der Waals surface area contributed by atoms with Crippen molar-refractivity contribution in [3.63, 3.8) is 0 Å². The van der Waals surface area contributed by atoms with Crippen molar-refractivity contribution in [2.45, 2.75) is 45.1 Å². The number of hydrogen-bond donors (Lipinski definition) is 0. The maximum Gasteiger partial charge on any atom is 0.233 e. The van der Waals surface area contributed by atoms with Gasteiger partial charge in [0.2, 0.25) is 5.91 Å². The van der Waals surface area contributed by atoms with Crippen molar-refractivity contribution in [3.05, 3.63) is 30.1 Å². The molecule has 2 atom stereocenters. The maximum absolute atomic E-state index is 12.7. The number of likely N-dealkylation sites (tertiary alicyclic amines) is 1. The van der Waals surface area contributed by atoms with Crippen molar-refractivity contribution in [1.29, 1.82) is 0 Å². The quantitative estimate of drug-likeness (QED) is 0.595. The summed E-state index contributed by atoms with van der Waals surface area (Å²) in [5, 5.41) is 1.97. The smallest absolute Gasteiger partial charge is 0.233 e. The number of carbonyl (C=O) groups excluding carboxylic acids is 1. The summed E-state index contributed by atoms with van der Waals surface area (Å²) in [5.41, 5.74) is 0.969. The van der Waals surface area contributed by atoms with Crippen LogP contribution in [0, 0.1) is 11.8 Å². The van der Waals surface area contributed by atoms with Crippen molar-refractivity contribution < 1.29 is 4.79 Å². The largest absolute Gasteiger partial charge is 0.341 e. The van der Waals surface area contributed by atoms with Crippen molar-refractivity contribution >= 4 is 28.6 Å². The third-order valence-electron chi connectivity index (χ3n) is 4.64. The number of fused-ring (bicyclic) bond motifs is 1. The van der Waals surface area contributed by atoms with E-state index in [1.54, 1.807) is 11.8 Å². The van der Waals surface area contributed by atoms with Crippen LogP contribution in [0.2, 0.25) is 0 Å². The van der Waals surface area contributed by atoms with E-state index < -0.39 is 0 Å². The fraction of sp³-hybridized carbons (Fsp3) is 0.550.